The third-order valence-electron chi connectivity index (χ3n) is 2.78. The first-order chi connectivity index (χ1) is 10.8. The predicted octanol–water partition coefficient (Wildman–Crippen LogP) is 3.38. The van der Waals surface area contributed by atoms with Gasteiger partial charge in [0.1, 0.15) is 5.69 Å². The first-order valence-electron chi connectivity index (χ1n) is 6.84. The van der Waals surface area contributed by atoms with E-state index in [0.29, 0.717) is 5.69 Å². The van der Waals surface area contributed by atoms with Gasteiger partial charge in [-0.2, -0.15) is 13.2 Å². The van der Waals surface area contributed by atoms with E-state index in [-0.39, 0.29) is 23.6 Å². The molecule has 0 saturated carbocycles. The van der Waals surface area contributed by atoms with E-state index >= 15 is 0 Å². The largest absolute Gasteiger partial charge is 0.416 e. The summed E-state index contributed by atoms with van der Waals surface area (Å²) in [6, 6.07) is 5.87. The lowest BCUT2D eigenvalue weighted by atomic mass is 10.2. The molecule has 0 bridgehead atoms. The first-order valence-corrected chi connectivity index (χ1v) is 6.84. The number of hydrogen-bond donors (Lipinski definition) is 2. The van der Waals surface area contributed by atoms with Gasteiger partial charge in [0.05, 0.1) is 5.56 Å². The van der Waals surface area contributed by atoms with Gasteiger partial charge in [0.25, 0.3) is 5.91 Å². The number of alkyl halides is 3. The summed E-state index contributed by atoms with van der Waals surface area (Å²) in [6.45, 7) is 3.64. The van der Waals surface area contributed by atoms with E-state index < -0.39 is 11.7 Å². The van der Waals surface area contributed by atoms with Crippen molar-refractivity contribution in [2.45, 2.75) is 26.1 Å². The van der Waals surface area contributed by atoms with Crippen LogP contribution in [0.15, 0.2) is 36.5 Å². The van der Waals surface area contributed by atoms with Crippen LogP contribution in [0.2, 0.25) is 0 Å². The summed E-state index contributed by atoms with van der Waals surface area (Å²) in [5.74, 6) is -0.223. The van der Waals surface area contributed by atoms with E-state index in [1.807, 2.05) is 13.8 Å². The van der Waals surface area contributed by atoms with Crippen LogP contribution in [0, 0.1) is 0 Å². The summed E-state index contributed by atoms with van der Waals surface area (Å²) in [5, 5.41) is 5.45. The molecule has 1 amide bonds. The molecule has 122 valence electrons. The molecular formula is C15H15F3N4O. The molecule has 0 radical (unpaired) electrons. The van der Waals surface area contributed by atoms with Crippen LogP contribution in [0.4, 0.5) is 24.8 Å². The zero-order chi connectivity index (χ0) is 17.0. The summed E-state index contributed by atoms with van der Waals surface area (Å²) in [7, 11) is 0. The average Bonchev–Trinajstić information content (AvgIpc) is 2.46. The lowest BCUT2D eigenvalue weighted by molar-refractivity contribution is -0.137. The Morgan fingerprint density at radius 3 is 2.35 bits per heavy atom. The van der Waals surface area contributed by atoms with Crippen molar-refractivity contribution >= 4 is 17.5 Å². The topological polar surface area (TPSA) is 66.9 Å². The number of halogens is 3. The summed E-state index contributed by atoms with van der Waals surface area (Å²) >= 11 is 0. The molecule has 8 heteroatoms. The molecule has 0 atom stereocenters. The smallest absolute Gasteiger partial charge is 0.349 e. The number of aromatic nitrogens is 2. The van der Waals surface area contributed by atoms with Crippen LogP contribution in [0.5, 0.6) is 0 Å². The Hall–Kier alpha value is -2.64. The van der Waals surface area contributed by atoms with Crippen molar-refractivity contribution < 1.29 is 18.0 Å². The lowest BCUT2D eigenvalue weighted by Gasteiger charge is -2.10. The number of amides is 1. The third-order valence-corrected chi connectivity index (χ3v) is 2.78. The number of carbonyl (C=O) groups excluding carboxylic acids is 1. The summed E-state index contributed by atoms with van der Waals surface area (Å²) in [6.07, 6.45) is -2.99. The fourth-order valence-electron chi connectivity index (χ4n) is 1.75. The zero-order valence-corrected chi connectivity index (χ0v) is 12.5. The minimum absolute atomic E-state index is 0.0382. The molecule has 1 aromatic heterocycles. The molecule has 2 aromatic rings. The normalized spacial score (nSPS) is 11.4. The van der Waals surface area contributed by atoms with Gasteiger partial charge >= 0.3 is 6.18 Å². The van der Waals surface area contributed by atoms with Crippen molar-refractivity contribution in [1.82, 2.24) is 15.3 Å². The predicted molar refractivity (Wildman–Crippen MR) is 79.4 cm³/mol. The number of rotatable bonds is 4. The highest BCUT2D eigenvalue weighted by atomic mass is 19.4. The van der Waals surface area contributed by atoms with Crippen LogP contribution in [0.25, 0.3) is 0 Å². The van der Waals surface area contributed by atoms with Crippen molar-refractivity contribution in [2.24, 2.45) is 0 Å². The van der Waals surface area contributed by atoms with Crippen molar-refractivity contribution in [3.63, 3.8) is 0 Å². The van der Waals surface area contributed by atoms with E-state index in [1.54, 1.807) is 0 Å². The maximum Gasteiger partial charge on any atom is 0.416 e. The van der Waals surface area contributed by atoms with E-state index in [2.05, 4.69) is 20.6 Å². The van der Waals surface area contributed by atoms with Gasteiger partial charge in [-0.15, -0.1) is 0 Å². The zero-order valence-electron chi connectivity index (χ0n) is 12.5. The highest BCUT2D eigenvalue weighted by Gasteiger charge is 2.29. The molecule has 0 saturated heterocycles. The van der Waals surface area contributed by atoms with Crippen LogP contribution in [0.3, 0.4) is 0 Å². The second-order valence-electron chi connectivity index (χ2n) is 5.09. The minimum atomic E-state index is -4.39. The molecule has 0 spiro atoms. The lowest BCUT2D eigenvalue weighted by Crippen LogP contribution is -2.30. The maximum absolute atomic E-state index is 12.5. The monoisotopic (exact) mass is 324 g/mol. The number of nitrogens with one attached hydrogen (secondary N) is 2. The average molecular weight is 324 g/mol. The summed E-state index contributed by atoms with van der Waals surface area (Å²) in [4.78, 5) is 19.8. The molecule has 23 heavy (non-hydrogen) atoms. The van der Waals surface area contributed by atoms with Gasteiger partial charge in [-0.25, -0.2) is 9.97 Å². The Balaban J connectivity index is 2.13. The van der Waals surface area contributed by atoms with Gasteiger partial charge in [-0.05, 0) is 44.2 Å². The molecule has 1 heterocycles. The summed E-state index contributed by atoms with van der Waals surface area (Å²) < 4.78 is 37.5. The molecule has 1 aromatic carbocycles. The second kappa shape index (κ2) is 6.64. The van der Waals surface area contributed by atoms with Crippen molar-refractivity contribution in [3.8, 4) is 0 Å². The Morgan fingerprint density at radius 1 is 1.13 bits per heavy atom. The van der Waals surface area contributed by atoms with Crippen molar-refractivity contribution in [3.05, 3.63) is 47.8 Å². The van der Waals surface area contributed by atoms with E-state index in [0.717, 1.165) is 12.1 Å². The molecular weight excluding hydrogens is 309 g/mol. The van der Waals surface area contributed by atoms with Gasteiger partial charge < -0.3 is 10.6 Å². The SMILES string of the molecule is CC(C)NC(=O)c1ccnc(Nc2ccc(C(F)(F)F)cc2)n1. The number of nitrogens with zero attached hydrogens (tertiary/aromatic N) is 2. The van der Waals surface area contributed by atoms with Crippen LogP contribution >= 0.6 is 0 Å². The minimum Gasteiger partial charge on any atom is -0.349 e. The molecule has 0 aliphatic heterocycles. The fourth-order valence-corrected chi connectivity index (χ4v) is 1.75. The second-order valence-corrected chi connectivity index (χ2v) is 5.09. The van der Waals surface area contributed by atoms with Gasteiger partial charge in [0.15, 0.2) is 0 Å². The highest BCUT2D eigenvalue weighted by molar-refractivity contribution is 5.92. The Labute approximate surface area is 131 Å². The Bertz CT molecular complexity index is 684. The van der Waals surface area contributed by atoms with Gasteiger partial charge in [-0.3, -0.25) is 4.79 Å². The number of anilines is 2. The van der Waals surface area contributed by atoms with Crippen LogP contribution in [-0.4, -0.2) is 21.9 Å². The maximum atomic E-state index is 12.5. The fraction of sp³-hybridized carbons (Fsp3) is 0.267. The van der Waals surface area contributed by atoms with Crippen molar-refractivity contribution in [1.29, 1.82) is 0 Å². The molecule has 5 nitrogen and oxygen atoms in total. The van der Waals surface area contributed by atoms with Crippen LogP contribution < -0.4 is 10.6 Å². The van der Waals surface area contributed by atoms with E-state index in [1.165, 1.54) is 24.4 Å². The number of carbonyl (C=O) groups is 1. The standard InChI is InChI=1S/C15H15F3N4O/c1-9(2)20-13(23)12-7-8-19-14(22-12)21-11-5-3-10(4-6-11)15(16,17)18/h3-9H,1-2H3,(H,20,23)(H,19,21,22). The number of hydrogen-bond acceptors (Lipinski definition) is 4. The first kappa shape index (κ1) is 16.7. The van der Waals surface area contributed by atoms with Crippen LogP contribution in [0.1, 0.15) is 29.9 Å². The quantitative estimate of drug-likeness (QED) is 0.905. The number of benzene rings is 1. The Kier molecular flexibility index (Phi) is 4.83. The summed E-state index contributed by atoms with van der Waals surface area (Å²) in [5.41, 5.74) is -0.184. The molecule has 2 rings (SSSR count). The molecule has 0 fully saturated rings. The van der Waals surface area contributed by atoms with E-state index in [9.17, 15) is 18.0 Å². The van der Waals surface area contributed by atoms with Crippen molar-refractivity contribution in [2.75, 3.05) is 5.32 Å². The highest BCUT2D eigenvalue weighted by Crippen LogP contribution is 2.30. The molecule has 0 aliphatic carbocycles. The molecule has 2 N–H and O–H groups in total. The van der Waals surface area contributed by atoms with Gasteiger partial charge in [-0.1, -0.05) is 0 Å². The Morgan fingerprint density at radius 2 is 1.78 bits per heavy atom. The van der Waals surface area contributed by atoms with Gasteiger partial charge in [0.2, 0.25) is 5.95 Å². The van der Waals surface area contributed by atoms with Gasteiger partial charge in [0, 0.05) is 17.9 Å². The third kappa shape index (κ3) is 4.67. The molecule has 0 aliphatic rings. The van der Waals surface area contributed by atoms with Crippen LogP contribution in [-0.2, 0) is 6.18 Å². The molecule has 0 unspecified atom stereocenters. The van der Waals surface area contributed by atoms with E-state index in [4.69, 9.17) is 0 Å².